The minimum atomic E-state index is -2.65. The second-order valence-electron chi connectivity index (χ2n) is 3.46. The first kappa shape index (κ1) is 15.5. The summed E-state index contributed by atoms with van der Waals surface area (Å²) in [6.07, 6.45) is 0.590. The third-order valence-corrected chi connectivity index (χ3v) is 2.87. The van der Waals surface area contributed by atoms with E-state index in [0.717, 1.165) is 0 Å². The Labute approximate surface area is 108 Å². The first-order chi connectivity index (χ1) is 8.90. The fourth-order valence-corrected chi connectivity index (χ4v) is 1.69. The van der Waals surface area contributed by atoms with Crippen LogP contribution in [0.25, 0.3) is 6.08 Å². The van der Waals surface area contributed by atoms with E-state index in [1.807, 2.05) is 0 Å². The number of ether oxygens (including phenoxy) is 1. The van der Waals surface area contributed by atoms with Crippen LogP contribution < -0.4 is 4.74 Å². The number of benzene rings is 1. The molecule has 0 bridgehead atoms. The number of hydrogen-bond acceptors (Lipinski definition) is 3. The van der Waals surface area contributed by atoms with Crippen molar-refractivity contribution in [1.82, 2.24) is 0 Å². The molecule has 0 N–H and O–H groups in total. The summed E-state index contributed by atoms with van der Waals surface area (Å²) < 4.78 is 78.5. The van der Waals surface area contributed by atoms with Crippen molar-refractivity contribution in [3.8, 4) is 5.75 Å². The standard InChI is InChI=1S/C11H10F4O3S/c1-2-6-7(12)9(14)11(10(15)8(6)13)18-4-3-5-19(16)17/h2,19H,1,3-5H2. The molecule has 0 atom stereocenters. The van der Waals surface area contributed by atoms with Crippen LogP contribution in [-0.4, -0.2) is 20.8 Å². The topological polar surface area (TPSA) is 43.4 Å². The normalized spacial score (nSPS) is 10.8. The molecule has 3 nitrogen and oxygen atoms in total. The van der Waals surface area contributed by atoms with Crippen LogP contribution in [-0.2, 0) is 10.7 Å². The van der Waals surface area contributed by atoms with E-state index in [1.54, 1.807) is 0 Å². The van der Waals surface area contributed by atoms with E-state index in [2.05, 4.69) is 11.3 Å². The van der Waals surface area contributed by atoms with Crippen LogP contribution >= 0.6 is 0 Å². The van der Waals surface area contributed by atoms with Crippen molar-refractivity contribution in [2.24, 2.45) is 0 Å². The largest absolute Gasteiger partial charge is 0.487 e. The minimum absolute atomic E-state index is 0.0516. The summed E-state index contributed by atoms with van der Waals surface area (Å²) in [5.41, 5.74) is -0.926. The molecule has 0 unspecified atom stereocenters. The van der Waals surface area contributed by atoms with Gasteiger partial charge in [-0.05, 0) is 6.42 Å². The van der Waals surface area contributed by atoms with Gasteiger partial charge in [-0.3, -0.25) is 0 Å². The van der Waals surface area contributed by atoms with Gasteiger partial charge in [0.05, 0.1) is 17.9 Å². The summed E-state index contributed by atoms with van der Waals surface area (Å²) in [6, 6.07) is 0. The quantitative estimate of drug-likeness (QED) is 0.379. The van der Waals surface area contributed by atoms with Crippen LogP contribution in [0.2, 0.25) is 0 Å². The molecular formula is C11H10F4O3S. The maximum atomic E-state index is 13.4. The van der Waals surface area contributed by atoms with E-state index in [4.69, 9.17) is 0 Å². The average Bonchev–Trinajstić information content (AvgIpc) is 2.36. The molecule has 0 aliphatic rings. The van der Waals surface area contributed by atoms with Gasteiger partial charge < -0.3 is 4.74 Å². The first-order valence-electron chi connectivity index (χ1n) is 5.13. The van der Waals surface area contributed by atoms with Crippen molar-refractivity contribution >= 4 is 16.8 Å². The number of hydrogen-bond donors (Lipinski definition) is 1. The van der Waals surface area contributed by atoms with Crippen LogP contribution in [0.1, 0.15) is 12.0 Å². The van der Waals surface area contributed by atoms with E-state index in [1.165, 1.54) is 0 Å². The minimum Gasteiger partial charge on any atom is -0.487 e. The third kappa shape index (κ3) is 3.46. The highest BCUT2D eigenvalue weighted by molar-refractivity contribution is 7.72. The zero-order chi connectivity index (χ0) is 14.6. The van der Waals surface area contributed by atoms with E-state index in [9.17, 15) is 26.0 Å². The van der Waals surface area contributed by atoms with Gasteiger partial charge in [0.2, 0.25) is 11.6 Å². The van der Waals surface area contributed by atoms with E-state index < -0.39 is 45.3 Å². The van der Waals surface area contributed by atoms with Gasteiger partial charge in [0.1, 0.15) is 10.7 Å². The molecule has 0 fully saturated rings. The molecule has 1 aromatic rings. The summed E-state index contributed by atoms with van der Waals surface area (Å²) in [7, 11) is -2.65. The molecular weight excluding hydrogens is 288 g/mol. The van der Waals surface area contributed by atoms with Gasteiger partial charge in [0.15, 0.2) is 17.4 Å². The smallest absolute Gasteiger partial charge is 0.204 e. The molecule has 8 heteroatoms. The molecule has 106 valence electrons. The van der Waals surface area contributed by atoms with Crippen LogP contribution in [0.15, 0.2) is 6.58 Å². The third-order valence-electron chi connectivity index (χ3n) is 2.19. The van der Waals surface area contributed by atoms with Gasteiger partial charge in [-0.2, -0.15) is 8.78 Å². The second kappa shape index (κ2) is 6.55. The average molecular weight is 298 g/mol. The molecule has 0 heterocycles. The Balaban J connectivity index is 2.99. The molecule has 0 saturated carbocycles. The molecule has 0 radical (unpaired) electrons. The van der Waals surface area contributed by atoms with Gasteiger partial charge in [0.25, 0.3) is 0 Å². The molecule has 19 heavy (non-hydrogen) atoms. The Morgan fingerprint density at radius 1 is 1.05 bits per heavy atom. The summed E-state index contributed by atoms with van der Waals surface area (Å²) in [5, 5.41) is 0. The molecule has 0 saturated heterocycles. The predicted molar refractivity (Wildman–Crippen MR) is 61.7 cm³/mol. The van der Waals surface area contributed by atoms with Crippen LogP contribution in [0.3, 0.4) is 0 Å². The van der Waals surface area contributed by atoms with Crippen molar-refractivity contribution in [2.45, 2.75) is 6.42 Å². The highest BCUT2D eigenvalue weighted by atomic mass is 32.2. The Morgan fingerprint density at radius 3 is 2.00 bits per heavy atom. The van der Waals surface area contributed by atoms with E-state index in [0.29, 0.717) is 6.08 Å². The van der Waals surface area contributed by atoms with Gasteiger partial charge in [-0.15, -0.1) is 0 Å². The molecule has 0 aliphatic carbocycles. The molecule has 0 aromatic heterocycles. The van der Waals surface area contributed by atoms with Gasteiger partial charge >= 0.3 is 0 Å². The van der Waals surface area contributed by atoms with Crippen molar-refractivity contribution in [3.63, 3.8) is 0 Å². The van der Waals surface area contributed by atoms with Crippen LogP contribution in [0, 0.1) is 23.3 Å². The molecule has 0 aliphatic heterocycles. The van der Waals surface area contributed by atoms with Gasteiger partial charge in [-0.25, -0.2) is 17.2 Å². The van der Waals surface area contributed by atoms with Crippen LogP contribution in [0.5, 0.6) is 5.75 Å². The summed E-state index contributed by atoms with van der Waals surface area (Å²) in [4.78, 5) is 0. The van der Waals surface area contributed by atoms with Gasteiger partial charge in [0, 0.05) is 0 Å². The fourth-order valence-electron chi connectivity index (χ4n) is 1.30. The highest BCUT2D eigenvalue weighted by Gasteiger charge is 2.25. The summed E-state index contributed by atoms with van der Waals surface area (Å²) >= 11 is 0. The SMILES string of the molecule is C=Cc1c(F)c(F)c(OCCC[SH](=O)=O)c(F)c1F. The van der Waals surface area contributed by atoms with Gasteiger partial charge in [-0.1, -0.05) is 12.7 Å². The molecule has 1 rings (SSSR count). The monoisotopic (exact) mass is 298 g/mol. The molecule has 0 amide bonds. The number of thiol groups is 1. The lowest BCUT2D eigenvalue weighted by atomic mass is 10.1. The number of rotatable bonds is 6. The summed E-state index contributed by atoms with van der Waals surface area (Å²) in [5.74, 6) is -8.05. The van der Waals surface area contributed by atoms with E-state index in [-0.39, 0.29) is 18.8 Å². The van der Waals surface area contributed by atoms with E-state index >= 15 is 0 Å². The Morgan fingerprint density at radius 2 is 1.58 bits per heavy atom. The summed E-state index contributed by atoms with van der Waals surface area (Å²) in [6.45, 7) is 2.65. The van der Waals surface area contributed by atoms with Crippen molar-refractivity contribution in [1.29, 1.82) is 0 Å². The molecule has 1 aromatic carbocycles. The Hall–Kier alpha value is -1.57. The van der Waals surface area contributed by atoms with Crippen molar-refractivity contribution < 1.29 is 30.7 Å². The lowest BCUT2D eigenvalue weighted by Gasteiger charge is -2.10. The Kier molecular flexibility index (Phi) is 5.34. The maximum absolute atomic E-state index is 13.4. The Bertz CT molecular complexity index is 533. The zero-order valence-electron chi connectivity index (χ0n) is 9.59. The first-order valence-corrected chi connectivity index (χ1v) is 6.49. The number of halogens is 4. The predicted octanol–water partition coefficient (Wildman–Crippen LogP) is 2.27. The highest BCUT2D eigenvalue weighted by Crippen LogP contribution is 2.30. The van der Waals surface area contributed by atoms with Crippen molar-refractivity contribution in [3.05, 3.63) is 35.4 Å². The second-order valence-corrected chi connectivity index (χ2v) is 4.57. The lowest BCUT2D eigenvalue weighted by Crippen LogP contribution is -2.08. The molecule has 0 spiro atoms. The lowest BCUT2D eigenvalue weighted by molar-refractivity contribution is 0.272. The fraction of sp³-hybridized carbons (Fsp3) is 0.273. The maximum Gasteiger partial charge on any atom is 0.204 e. The zero-order valence-corrected chi connectivity index (χ0v) is 10.5. The van der Waals surface area contributed by atoms with Crippen LogP contribution in [0.4, 0.5) is 17.6 Å². The van der Waals surface area contributed by atoms with Crippen molar-refractivity contribution in [2.75, 3.05) is 12.4 Å².